The molecule has 2 N–H and O–H groups in total. The van der Waals surface area contributed by atoms with Crippen molar-refractivity contribution in [2.45, 2.75) is 25.9 Å². The molecule has 1 aromatic carbocycles. The third-order valence-corrected chi connectivity index (χ3v) is 5.94. The highest BCUT2D eigenvalue weighted by atomic mass is 16.5. The first-order valence-corrected chi connectivity index (χ1v) is 10.5. The first-order valence-electron chi connectivity index (χ1n) is 10.5. The van der Waals surface area contributed by atoms with E-state index in [1.807, 2.05) is 30.5 Å². The first-order chi connectivity index (χ1) is 15.1. The van der Waals surface area contributed by atoms with Gasteiger partial charge in [0, 0.05) is 55.6 Å². The van der Waals surface area contributed by atoms with Crippen molar-refractivity contribution in [3.63, 3.8) is 0 Å². The number of aromatic nitrogens is 1. The van der Waals surface area contributed by atoms with Crippen LogP contribution in [0, 0.1) is 0 Å². The number of likely N-dealkylation sites (tertiary alicyclic amines) is 1. The molecule has 4 heterocycles. The second-order valence-corrected chi connectivity index (χ2v) is 8.12. The van der Waals surface area contributed by atoms with Gasteiger partial charge in [-0.15, -0.1) is 0 Å². The number of morpholine rings is 1. The lowest BCUT2D eigenvalue weighted by Gasteiger charge is -2.25. The average molecular weight is 420 g/mol. The number of fused-ring (bicyclic) bond motifs is 1. The Morgan fingerprint density at radius 2 is 1.74 bits per heavy atom. The maximum atomic E-state index is 12.6. The van der Waals surface area contributed by atoms with Crippen molar-refractivity contribution in [3.05, 3.63) is 52.8 Å². The molecule has 0 radical (unpaired) electrons. The summed E-state index contributed by atoms with van der Waals surface area (Å²) < 4.78 is 5.40. The van der Waals surface area contributed by atoms with Gasteiger partial charge in [-0.25, -0.2) is 0 Å². The second kappa shape index (κ2) is 8.13. The SMILES string of the molecule is O=C1Nc2ccc(CN3C(=O)CCC3=O)cc2C1=Cc1cc(CN2CCOCC2)c[nH]1. The van der Waals surface area contributed by atoms with Crippen LogP contribution in [0.2, 0.25) is 0 Å². The summed E-state index contributed by atoms with van der Waals surface area (Å²) in [7, 11) is 0. The number of carbonyl (C=O) groups is 3. The van der Waals surface area contributed by atoms with Gasteiger partial charge in [0.15, 0.2) is 0 Å². The number of hydrogen-bond acceptors (Lipinski definition) is 5. The number of benzene rings is 1. The van der Waals surface area contributed by atoms with Crippen molar-refractivity contribution in [3.8, 4) is 0 Å². The van der Waals surface area contributed by atoms with Crippen LogP contribution in [0.25, 0.3) is 11.6 Å². The summed E-state index contributed by atoms with van der Waals surface area (Å²) in [6, 6.07) is 7.61. The summed E-state index contributed by atoms with van der Waals surface area (Å²) >= 11 is 0. The lowest BCUT2D eigenvalue weighted by molar-refractivity contribution is -0.139. The van der Waals surface area contributed by atoms with E-state index >= 15 is 0 Å². The van der Waals surface area contributed by atoms with Crippen LogP contribution < -0.4 is 5.32 Å². The lowest BCUT2D eigenvalue weighted by atomic mass is 10.0. The van der Waals surface area contributed by atoms with Crippen LogP contribution in [-0.4, -0.2) is 58.8 Å². The van der Waals surface area contributed by atoms with Crippen molar-refractivity contribution in [2.24, 2.45) is 0 Å². The highest BCUT2D eigenvalue weighted by molar-refractivity contribution is 6.34. The Morgan fingerprint density at radius 3 is 2.52 bits per heavy atom. The number of hydrogen-bond donors (Lipinski definition) is 2. The van der Waals surface area contributed by atoms with E-state index in [0.29, 0.717) is 5.57 Å². The van der Waals surface area contributed by atoms with Gasteiger partial charge < -0.3 is 15.0 Å². The molecule has 0 unspecified atom stereocenters. The van der Waals surface area contributed by atoms with Gasteiger partial charge in [0.1, 0.15) is 0 Å². The van der Waals surface area contributed by atoms with E-state index < -0.39 is 0 Å². The summed E-state index contributed by atoms with van der Waals surface area (Å²) in [5, 5.41) is 2.89. The van der Waals surface area contributed by atoms with E-state index in [1.54, 1.807) is 0 Å². The molecule has 31 heavy (non-hydrogen) atoms. The standard InChI is InChI=1S/C23H24N4O4/c28-21-3-4-22(29)27(21)14-15-1-2-20-18(10-15)19(23(30)25-20)11-17-9-16(12-24-17)13-26-5-7-31-8-6-26/h1-2,9-12,24H,3-8,13-14H2,(H,25,30). The van der Waals surface area contributed by atoms with Gasteiger partial charge in [0.2, 0.25) is 11.8 Å². The Kier molecular flexibility index (Phi) is 5.17. The first kappa shape index (κ1) is 19.7. The minimum Gasteiger partial charge on any atom is -0.379 e. The largest absolute Gasteiger partial charge is 0.379 e. The van der Waals surface area contributed by atoms with E-state index in [-0.39, 0.29) is 37.1 Å². The number of nitrogens with one attached hydrogen (secondary N) is 2. The van der Waals surface area contributed by atoms with Crippen LogP contribution >= 0.6 is 0 Å². The fraction of sp³-hybridized carbons (Fsp3) is 0.348. The average Bonchev–Trinajstić information content (AvgIpc) is 3.43. The smallest absolute Gasteiger partial charge is 0.256 e. The normalized spacial score (nSPS) is 20.6. The van der Waals surface area contributed by atoms with Gasteiger partial charge in [0.25, 0.3) is 5.91 Å². The quantitative estimate of drug-likeness (QED) is 0.570. The predicted molar refractivity (Wildman–Crippen MR) is 115 cm³/mol. The summed E-state index contributed by atoms with van der Waals surface area (Å²) in [5.41, 5.74) is 4.92. The minimum absolute atomic E-state index is 0.144. The maximum Gasteiger partial charge on any atom is 0.256 e. The Labute approximate surface area is 179 Å². The van der Waals surface area contributed by atoms with E-state index in [4.69, 9.17) is 4.74 Å². The van der Waals surface area contributed by atoms with Crippen LogP contribution in [0.5, 0.6) is 0 Å². The molecule has 3 amide bonds. The molecule has 0 saturated carbocycles. The van der Waals surface area contributed by atoms with Crippen molar-refractivity contribution in [2.75, 3.05) is 31.6 Å². The molecular weight excluding hydrogens is 396 g/mol. The van der Waals surface area contributed by atoms with E-state index in [2.05, 4.69) is 21.3 Å². The number of ether oxygens (including phenoxy) is 1. The highest BCUT2D eigenvalue weighted by Crippen LogP contribution is 2.34. The summed E-state index contributed by atoms with van der Waals surface area (Å²) in [6.07, 6.45) is 4.36. The van der Waals surface area contributed by atoms with E-state index in [9.17, 15) is 14.4 Å². The summed E-state index contributed by atoms with van der Waals surface area (Å²) in [5.74, 6) is -0.450. The molecule has 0 bridgehead atoms. The van der Waals surface area contributed by atoms with Crippen LogP contribution in [0.1, 0.15) is 35.2 Å². The summed E-state index contributed by atoms with van der Waals surface area (Å²) in [4.78, 5) is 43.3. The van der Waals surface area contributed by atoms with Gasteiger partial charge in [0.05, 0.1) is 25.3 Å². The summed E-state index contributed by atoms with van der Waals surface area (Å²) in [6.45, 7) is 4.43. The van der Waals surface area contributed by atoms with Crippen LogP contribution in [0.15, 0.2) is 30.5 Å². The molecular formula is C23H24N4O4. The van der Waals surface area contributed by atoms with Crippen molar-refractivity contribution >= 4 is 35.1 Å². The Balaban J connectivity index is 1.36. The maximum absolute atomic E-state index is 12.6. The van der Waals surface area contributed by atoms with Crippen LogP contribution in [0.3, 0.4) is 0 Å². The molecule has 3 aliphatic rings. The fourth-order valence-electron chi connectivity index (χ4n) is 4.27. The molecule has 8 heteroatoms. The van der Waals surface area contributed by atoms with Crippen molar-refractivity contribution in [1.29, 1.82) is 0 Å². The number of nitrogens with zero attached hydrogens (tertiary/aromatic N) is 2. The van der Waals surface area contributed by atoms with E-state index in [1.165, 1.54) is 4.90 Å². The Bertz CT molecular complexity index is 1060. The third kappa shape index (κ3) is 4.04. The van der Waals surface area contributed by atoms with Crippen LogP contribution in [0.4, 0.5) is 5.69 Å². The molecule has 0 atom stereocenters. The number of amides is 3. The molecule has 2 fully saturated rings. The Hall–Kier alpha value is -3.23. The number of rotatable bonds is 5. The molecule has 1 aromatic heterocycles. The number of anilines is 1. The second-order valence-electron chi connectivity index (χ2n) is 8.12. The highest BCUT2D eigenvalue weighted by Gasteiger charge is 2.30. The molecule has 2 aromatic rings. The monoisotopic (exact) mass is 420 g/mol. The van der Waals surface area contributed by atoms with Crippen molar-refractivity contribution in [1.82, 2.24) is 14.8 Å². The zero-order chi connectivity index (χ0) is 21.4. The number of aromatic amines is 1. The van der Waals surface area contributed by atoms with Crippen molar-refractivity contribution < 1.29 is 19.1 Å². The zero-order valence-corrected chi connectivity index (χ0v) is 17.1. The minimum atomic E-state index is -0.162. The topological polar surface area (TPSA) is 94.7 Å². The zero-order valence-electron chi connectivity index (χ0n) is 17.1. The fourth-order valence-corrected chi connectivity index (χ4v) is 4.27. The number of carbonyl (C=O) groups excluding carboxylic acids is 3. The molecule has 0 aliphatic carbocycles. The Morgan fingerprint density at radius 1 is 0.968 bits per heavy atom. The van der Waals surface area contributed by atoms with Gasteiger partial charge >= 0.3 is 0 Å². The van der Waals surface area contributed by atoms with Gasteiger partial charge in [-0.1, -0.05) is 6.07 Å². The molecule has 3 aliphatic heterocycles. The molecule has 2 saturated heterocycles. The molecule has 5 rings (SSSR count). The van der Waals surface area contributed by atoms with E-state index in [0.717, 1.165) is 60.9 Å². The molecule has 160 valence electrons. The molecule has 0 spiro atoms. The van der Waals surface area contributed by atoms with Gasteiger partial charge in [-0.3, -0.25) is 24.2 Å². The number of H-pyrrole nitrogens is 1. The predicted octanol–water partition coefficient (Wildman–Crippen LogP) is 1.99. The number of imide groups is 1. The lowest BCUT2D eigenvalue weighted by Crippen LogP contribution is -2.35. The van der Waals surface area contributed by atoms with Gasteiger partial charge in [-0.05, 0) is 35.4 Å². The van der Waals surface area contributed by atoms with Crippen LogP contribution in [-0.2, 0) is 32.2 Å². The van der Waals surface area contributed by atoms with Gasteiger partial charge in [-0.2, -0.15) is 0 Å². The molecule has 8 nitrogen and oxygen atoms in total. The third-order valence-electron chi connectivity index (χ3n) is 5.94.